The molecule has 40 heavy (non-hydrogen) atoms. The van der Waals surface area contributed by atoms with Gasteiger partial charge in [0.05, 0.1) is 6.54 Å². The zero-order chi connectivity index (χ0) is 27.6. The van der Waals surface area contributed by atoms with E-state index < -0.39 is 0 Å². The van der Waals surface area contributed by atoms with E-state index in [0.717, 1.165) is 34.2 Å². The number of ketones is 1. The van der Waals surface area contributed by atoms with Crippen LogP contribution in [0.2, 0.25) is 0 Å². The van der Waals surface area contributed by atoms with Gasteiger partial charge in [0.1, 0.15) is 12.4 Å². The molecule has 0 amide bonds. The van der Waals surface area contributed by atoms with Crippen molar-refractivity contribution in [2.24, 2.45) is 0 Å². The molecule has 6 nitrogen and oxygen atoms in total. The second kappa shape index (κ2) is 13.7. The van der Waals surface area contributed by atoms with Gasteiger partial charge in [-0.05, 0) is 60.4 Å². The molecule has 2 heterocycles. The minimum Gasteiger partial charge on any atom is -0.486 e. The summed E-state index contributed by atoms with van der Waals surface area (Å²) in [5, 5.41) is 5.15. The molecule has 206 valence electrons. The van der Waals surface area contributed by atoms with Crippen LogP contribution in [0.1, 0.15) is 62.4 Å². The van der Waals surface area contributed by atoms with Gasteiger partial charge in [0.15, 0.2) is 11.6 Å². The number of rotatable bonds is 15. The molecular formula is C34H37N3O3. The van der Waals surface area contributed by atoms with Crippen molar-refractivity contribution >= 4 is 16.7 Å². The Morgan fingerprint density at radius 1 is 0.875 bits per heavy atom. The van der Waals surface area contributed by atoms with Gasteiger partial charge >= 0.3 is 0 Å². The highest BCUT2D eigenvalue weighted by Gasteiger charge is 2.13. The van der Waals surface area contributed by atoms with E-state index >= 15 is 0 Å². The molecule has 0 spiro atoms. The number of carbonyl (C=O) groups excluding carboxylic acids is 1. The number of fused-ring (bicyclic) bond motifs is 1. The van der Waals surface area contributed by atoms with E-state index in [0.29, 0.717) is 18.1 Å². The van der Waals surface area contributed by atoms with Gasteiger partial charge in [0.25, 0.3) is 5.89 Å². The topological polar surface area (TPSA) is 70.2 Å². The molecule has 6 heteroatoms. The zero-order valence-corrected chi connectivity index (χ0v) is 23.2. The first kappa shape index (κ1) is 27.4. The monoisotopic (exact) mass is 535 g/mol. The van der Waals surface area contributed by atoms with Gasteiger partial charge in [0.2, 0.25) is 0 Å². The number of hydrogen-bond acceptors (Lipinski definition) is 5. The summed E-state index contributed by atoms with van der Waals surface area (Å²) >= 11 is 0. The molecule has 0 radical (unpaired) electrons. The number of nitrogens with zero attached hydrogens (tertiary/aromatic N) is 3. The Kier molecular flexibility index (Phi) is 9.41. The van der Waals surface area contributed by atoms with Gasteiger partial charge in [-0.3, -0.25) is 4.79 Å². The second-order valence-corrected chi connectivity index (χ2v) is 10.4. The normalized spacial score (nSPS) is 11.2. The molecule has 2 aromatic heterocycles. The smallest absolute Gasteiger partial charge is 0.257 e. The maximum absolute atomic E-state index is 12.7. The van der Waals surface area contributed by atoms with Crippen LogP contribution in [-0.4, -0.2) is 27.1 Å². The molecule has 0 bridgehead atoms. The fraction of sp³-hybridized carbons (Fsp3) is 0.324. The Balaban J connectivity index is 1.11. The standard InChI is InChI=1S/C34H37N3O3/c1-2-3-4-5-6-8-11-26-14-17-31(18-15-26)39-25-30(38)24-37-21-20-28-23-29(16-19-32(28)37)34-35-33(36-40-34)22-27-12-9-7-10-13-27/h7,9-10,12-21,23H,2-6,8,11,22,24-25H2,1H3. The van der Waals surface area contributed by atoms with Crippen LogP contribution in [0.5, 0.6) is 5.75 Å². The highest BCUT2D eigenvalue weighted by molar-refractivity contribution is 5.87. The third-order valence-electron chi connectivity index (χ3n) is 7.18. The zero-order valence-electron chi connectivity index (χ0n) is 23.2. The molecular weight excluding hydrogens is 498 g/mol. The van der Waals surface area contributed by atoms with E-state index in [1.165, 1.54) is 44.1 Å². The summed E-state index contributed by atoms with van der Waals surface area (Å²) in [4.78, 5) is 17.3. The van der Waals surface area contributed by atoms with Gasteiger partial charge in [-0.2, -0.15) is 4.98 Å². The quantitative estimate of drug-likeness (QED) is 0.128. The van der Waals surface area contributed by atoms with Crippen molar-refractivity contribution in [1.29, 1.82) is 0 Å². The van der Waals surface area contributed by atoms with Crippen LogP contribution in [-0.2, 0) is 24.2 Å². The van der Waals surface area contributed by atoms with E-state index in [4.69, 9.17) is 9.26 Å². The van der Waals surface area contributed by atoms with Crippen LogP contribution < -0.4 is 4.74 Å². The van der Waals surface area contributed by atoms with Crippen molar-refractivity contribution < 1.29 is 14.1 Å². The van der Waals surface area contributed by atoms with Gasteiger partial charge in [-0.25, -0.2) is 0 Å². The molecule has 0 aliphatic carbocycles. The number of Topliss-reactive ketones (excluding diaryl/α,β-unsaturated/α-hetero) is 1. The minimum absolute atomic E-state index is 0.0141. The molecule has 0 aliphatic rings. The number of aromatic nitrogens is 3. The average Bonchev–Trinajstić information content (AvgIpc) is 3.62. The fourth-order valence-electron chi connectivity index (χ4n) is 4.95. The van der Waals surface area contributed by atoms with Crippen LogP contribution in [0.15, 0.2) is 89.6 Å². The summed E-state index contributed by atoms with van der Waals surface area (Å²) in [6, 6.07) is 26.2. The van der Waals surface area contributed by atoms with E-state index in [2.05, 4.69) is 29.2 Å². The summed E-state index contributed by atoms with van der Waals surface area (Å²) in [6.45, 7) is 2.54. The minimum atomic E-state index is 0.0141. The molecule has 0 N–H and O–H groups in total. The van der Waals surface area contributed by atoms with E-state index in [9.17, 15) is 4.79 Å². The third-order valence-corrected chi connectivity index (χ3v) is 7.18. The van der Waals surface area contributed by atoms with Crippen molar-refractivity contribution in [2.75, 3.05) is 6.61 Å². The number of carbonyl (C=O) groups is 1. The Bertz CT molecular complexity index is 1500. The van der Waals surface area contributed by atoms with Crippen LogP contribution in [0.25, 0.3) is 22.4 Å². The first-order valence-electron chi connectivity index (χ1n) is 14.4. The van der Waals surface area contributed by atoms with Crippen molar-refractivity contribution in [3.63, 3.8) is 0 Å². The van der Waals surface area contributed by atoms with E-state index in [1.54, 1.807) is 0 Å². The molecule has 0 saturated heterocycles. The van der Waals surface area contributed by atoms with Crippen molar-refractivity contribution in [1.82, 2.24) is 14.7 Å². The predicted molar refractivity (Wildman–Crippen MR) is 159 cm³/mol. The van der Waals surface area contributed by atoms with Crippen LogP contribution in [0, 0.1) is 0 Å². The average molecular weight is 536 g/mol. The Labute approximate surface area is 236 Å². The summed E-state index contributed by atoms with van der Waals surface area (Å²) < 4.78 is 13.3. The predicted octanol–water partition coefficient (Wildman–Crippen LogP) is 7.83. The van der Waals surface area contributed by atoms with Crippen LogP contribution in [0.3, 0.4) is 0 Å². The lowest BCUT2D eigenvalue weighted by molar-refractivity contribution is -0.121. The highest BCUT2D eigenvalue weighted by atomic mass is 16.5. The Morgan fingerprint density at radius 3 is 2.50 bits per heavy atom. The Morgan fingerprint density at radius 2 is 1.68 bits per heavy atom. The Hall–Kier alpha value is -4.19. The SMILES string of the molecule is CCCCCCCCc1ccc(OCC(=O)Cn2ccc3cc(-c4nc(Cc5ccccc5)no4)ccc32)cc1. The fourth-order valence-corrected chi connectivity index (χ4v) is 4.95. The first-order chi connectivity index (χ1) is 19.7. The molecule has 5 rings (SSSR count). The van der Waals surface area contributed by atoms with Crippen molar-refractivity contribution in [2.45, 2.75) is 64.8 Å². The summed E-state index contributed by atoms with van der Waals surface area (Å²) in [5.41, 5.74) is 4.28. The van der Waals surface area contributed by atoms with Gasteiger partial charge in [-0.1, -0.05) is 86.6 Å². The van der Waals surface area contributed by atoms with E-state index in [1.807, 2.05) is 77.5 Å². The van der Waals surface area contributed by atoms with Crippen LogP contribution in [0.4, 0.5) is 0 Å². The lowest BCUT2D eigenvalue weighted by Crippen LogP contribution is -2.17. The molecule has 3 aromatic carbocycles. The second-order valence-electron chi connectivity index (χ2n) is 10.4. The maximum Gasteiger partial charge on any atom is 0.257 e. The molecule has 0 atom stereocenters. The maximum atomic E-state index is 12.7. The summed E-state index contributed by atoms with van der Waals surface area (Å²) in [5.74, 6) is 1.88. The van der Waals surface area contributed by atoms with Crippen LogP contribution >= 0.6 is 0 Å². The van der Waals surface area contributed by atoms with E-state index in [-0.39, 0.29) is 18.9 Å². The van der Waals surface area contributed by atoms with Gasteiger partial charge in [0, 0.05) is 29.1 Å². The van der Waals surface area contributed by atoms with Gasteiger partial charge in [-0.15, -0.1) is 0 Å². The molecule has 0 saturated carbocycles. The largest absolute Gasteiger partial charge is 0.486 e. The van der Waals surface area contributed by atoms with Crippen molar-refractivity contribution in [3.05, 3.63) is 102 Å². The summed E-state index contributed by atoms with van der Waals surface area (Å²) in [6.07, 6.45) is 11.4. The number of hydrogen-bond donors (Lipinski definition) is 0. The summed E-state index contributed by atoms with van der Waals surface area (Å²) in [7, 11) is 0. The molecule has 0 unspecified atom stereocenters. The molecule has 5 aromatic rings. The van der Waals surface area contributed by atoms with Crippen molar-refractivity contribution in [3.8, 4) is 17.2 Å². The van der Waals surface area contributed by atoms with Gasteiger partial charge < -0.3 is 13.8 Å². The number of aryl methyl sites for hydroxylation is 1. The molecule has 0 aliphatic heterocycles. The number of benzene rings is 3. The number of unbranched alkanes of at least 4 members (excludes halogenated alkanes) is 5. The number of ether oxygens (including phenoxy) is 1. The first-order valence-corrected chi connectivity index (χ1v) is 14.4. The molecule has 0 fully saturated rings. The lowest BCUT2D eigenvalue weighted by Gasteiger charge is -2.08. The lowest BCUT2D eigenvalue weighted by atomic mass is 10.0. The highest BCUT2D eigenvalue weighted by Crippen LogP contribution is 2.25. The third kappa shape index (κ3) is 7.47.